The second-order valence-electron chi connectivity index (χ2n) is 12.6. The van der Waals surface area contributed by atoms with Crippen molar-refractivity contribution in [3.05, 3.63) is 155 Å². The Morgan fingerprint density at radius 2 is 1.20 bits per heavy atom. The van der Waals surface area contributed by atoms with E-state index >= 15 is 0 Å². The molecule has 0 saturated heterocycles. The van der Waals surface area contributed by atoms with E-state index in [4.69, 9.17) is 19.6 Å². The van der Waals surface area contributed by atoms with Crippen molar-refractivity contribution >= 4 is 40.3 Å². The molecule has 0 radical (unpaired) electrons. The zero-order valence-electron chi connectivity index (χ0n) is 26.9. The van der Waals surface area contributed by atoms with Crippen LogP contribution in [-0.2, 0) is 9.16 Å². The Hall–Kier alpha value is -3.68. The minimum Gasteiger partial charge on any atom is -0.491 e. The molecule has 6 heteroatoms. The monoisotopic (exact) mass is 693 g/mol. The van der Waals surface area contributed by atoms with E-state index in [1.807, 2.05) is 24.3 Å². The van der Waals surface area contributed by atoms with Crippen molar-refractivity contribution < 1.29 is 13.9 Å². The van der Waals surface area contributed by atoms with Gasteiger partial charge in [0, 0.05) is 23.4 Å². The van der Waals surface area contributed by atoms with Crippen LogP contribution in [0.15, 0.2) is 144 Å². The van der Waals surface area contributed by atoms with E-state index in [2.05, 4.69) is 152 Å². The minimum absolute atomic E-state index is 0.0238. The first-order valence-electron chi connectivity index (χ1n) is 15.9. The number of ether oxygens (including phenoxy) is 2. The summed E-state index contributed by atoms with van der Waals surface area (Å²) in [5.41, 5.74) is 9.11. The molecule has 2 unspecified atom stereocenters. The Balaban J connectivity index is 1.41. The lowest BCUT2D eigenvalue weighted by atomic mass is 10.0. The molecular formula is C40H44BrNO3Si. The first kappa shape index (κ1) is 33.7. The van der Waals surface area contributed by atoms with E-state index in [1.165, 1.54) is 15.9 Å². The summed E-state index contributed by atoms with van der Waals surface area (Å²) in [6.07, 6.45) is 0.515. The van der Waals surface area contributed by atoms with Crippen LogP contribution in [0.25, 0.3) is 0 Å². The van der Waals surface area contributed by atoms with Crippen molar-refractivity contribution in [2.45, 2.75) is 44.3 Å². The molecule has 5 rings (SSSR count). The molecule has 4 nitrogen and oxygen atoms in total. The maximum atomic E-state index is 7.40. The van der Waals surface area contributed by atoms with Gasteiger partial charge < -0.3 is 19.6 Å². The number of anilines is 1. The Bertz CT molecular complexity index is 1590. The minimum atomic E-state index is -2.72. The number of hydrogen-bond donors (Lipinski definition) is 1. The summed E-state index contributed by atoms with van der Waals surface area (Å²) in [4.78, 5) is 0. The van der Waals surface area contributed by atoms with E-state index < -0.39 is 8.32 Å². The first-order valence-corrected chi connectivity index (χ1v) is 18.6. The maximum absolute atomic E-state index is 7.40. The van der Waals surface area contributed by atoms with Gasteiger partial charge in [-0.1, -0.05) is 158 Å². The average molecular weight is 695 g/mol. The fourth-order valence-electron chi connectivity index (χ4n) is 6.11. The Morgan fingerprint density at radius 3 is 1.74 bits per heavy atom. The van der Waals surface area contributed by atoms with Crippen LogP contribution in [0.3, 0.4) is 0 Å². The van der Waals surface area contributed by atoms with Gasteiger partial charge in [0.15, 0.2) is 0 Å². The number of hydrogen-bond acceptors (Lipinski definition) is 4. The van der Waals surface area contributed by atoms with Crippen molar-refractivity contribution in [1.82, 2.24) is 0 Å². The van der Waals surface area contributed by atoms with Crippen molar-refractivity contribution in [3.63, 3.8) is 0 Å². The van der Waals surface area contributed by atoms with Gasteiger partial charge >= 0.3 is 0 Å². The molecule has 0 heterocycles. The lowest BCUT2D eigenvalue weighted by molar-refractivity contribution is 0.0208. The summed E-state index contributed by atoms with van der Waals surface area (Å²) in [6, 6.07) is 48.3. The van der Waals surface area contributed by atoms with Crippen LogP contribution in [0.2, 0.25) is 5.04 Å². The van der Waals surface area contributed by atoms with Gasteiger partial charge in [-0.05, 0) is 44.7 Å². The highest BCUT2D eigenvalue weighted by atomic mass is 79.9. The largest absolute Gasteiger partial charge is 0.491 e. The molecule has 0 aliphatic carbocycles. The molecule has 2 N–H and O–H groups in total. The molecule has 2 atom stereocenters. The van der Waals surface area contributed by atoms with Gasteiger partial charge in [-0.25, -0.2) is 0 Å². The molecule has 0 aliphatic heterocycles. The Kier molecular flexibility index (Phi) is 11.5. The van der Waals surface area contributed by atoms with Crippen LogP contribution in [0.5, 0.6) is 5.75 Å². The maximum Gasteiger partial charge on any atom is 0.261 e. The predicted octanol–water partition coefficient (Wildman–Crippen LogP) is 8.92. The van der Waals surface area contributed by atoms with Crippen LogP contribution in [-0.4, -0.2) is 28.1 Å². The van der Waals surface area contributed by atoms with E-state index in [0.717, 1.165) is 10.0 Å². The van der Waals surface area contributed by atoms with Crippen LogP contribution in [0, 0.1) is 0 Å². The quantitative estimate of drug-likeness (QED) is 0.0932. The summed E-state index contributed by atoms with van der Waals surface area (Å²) in [5, 5.41) is 2.43. The molecule has 0 aromatic heterocycles. The van der Waals surface area contributed by atoms with Crippen molar-refractivity contribution in [2.75, 3.05) is 25.6 Å². The number of rotatable bonds is 14. The standard InChI is InChI=1S/C40H44BrNO3Si/c1-40(2,3)46(35-20-12-6-13-21-35,36-22-14-7-15-23-36)45-30-33(31-16-8-4-9-17-31)29-44-38(32-18-10-5-11-19-32)26-27-43-39-28-34(41)24-25-37(39)42/h4-25,28,33,38H,26-27,29-30,42H2,1-3H3. The topological polar surface area (TPSA) is 53.7 Å². The molecule has 0 fully saturated rings. The first-order chi connectivity index (χ1) is 22.3. The fourth-order valence-corrected chi connectivity index (χ4v) is 11.1. The fraction of sp³-hybridized carbons (Fsp3) is 0.250. The highest BCUT2D eigenvalue weighted by Gasteiger charge is 2.50. The summed E-state index contributed by atoms with van der Waals surface area (Å²) in [7, 11) is -2.72. The smallest absolute Gasteiger partial charge is 0.261 e. The van der Waals surface area contributed by atoms with Crippen molar-refractivity contribution in [2.24, 2.45) is 0 Å². The number of halogens is 1. The summed E-state index contributed by atoms with van der Waals surface area (Å²) < 4.78 is 21.3. The van der Waals surface area contributed by atoms with Gasteiger partial charge in [0.2, 0.25) is 0 Å². The lowest BCUT2D eigenvalue weighted by Gasteiger charge is -2.43. The molecule has 5 aromatic carbocycles. The average Bonchev–Trinajstić information content (AvgIpc) is 3.08. The second kappa shape index (κ2) is 15.7. The molecule has 238 valence electrons. The van der Waals surface area contributed by atoms with E-state index in [0.29, 0.717) is 37.7 Å². The summed E-state index contributed by atoms with van der Waals surface area (Å²) >= 11 is 3.52. The van der Waals surface area contributed by atoms with Crippen LogP contribution >= 0.6 is 15.9 Å². The van der Waals surface area contributed by atoms with E-state index in [1.54, 1.807) is 0 Å². The zero-order valence-corrected chi connectivity index (χ0v) is 29.5. The molecule has 0 bridgehead atoms. The molecule has 0 amide bonds. The highest BCUT2D eigenvalue weighted by molar-refractivity contribution is 9.10. The number of nitrogens with two attached hydrogens (primary N) is 1. The molecule has 5 aromatic rings. The summed E-state index contributed by atoms with van der Waals surface area (Å²) in [5.74, 6) is 0.692. The summed E-state index contributed by atoms with van der Waals surface area (Å²) in [6.45, 7) is 8.45. The predicted molar refractivity (Wildman–Crippen MR) is 197 cm³/mol. The van der Waals surface area contributed by atoms with Gasteiger partial charge in [-0.3, -0.25) is 0 Å². The number of benzene rings is 5. The third-order valence-corrected chi connectivity index (χ3v) is 14.0. The van der Waals surface area contributed by atoms with Gasteiger partial charge in [0.05, 0.1) is 25.0 Å². The molecule has 0 spiro atoms. The lowest BCUT2D eigenvalue weighted by Crippen LogP contribution is -2.66. The molecule has 0 aliphatic rings. The van der Waals surface area contributed by atoms with Crippen LogP contribution in [0.1, 0.15) is 50.3 Å². The van der Waals surface area contributed by atoms with E-state index in [9.17, 15) is 0 Å². The highest BCUT2D eigenvalue weighted by Crippen LogP contribution is 2.38. The van der Waals surface area contributed by atoms with E-state index in [-0.39, 0.29) is 17.1 Å². The van der Waals surface area contributed by atoms with Crippen molar-refractivity contribution in [3.8, 4) is 5.75 Å². The Labute approximate surface area is 283 Å². The SMILES string of the molecule is CC(C)(C)[Si](OCC(COC(CCOc1cc(Br)ccc1N)c1ccccc1)c1ccccc1)(c1ccccc1)c1ccccc1. The van der Waals surface area contributed by atoms with Gasteiger partial charge in [-0.15, -0.1) is 0 Å². The van der Waals surface area contributed by atoms with Gasteiger partial charge in [0.1, 0.15) is 5.75 Å². The zero-order chi connectivity index (χ0) is 32.4. The third kappa shape index (κ3) is 8.17. The Morgan fingerprint density at radius 1 is 0.674 bits per heavy atom. The number of nitrogen functional groups attached to an aromatic ring is 1. The molecular weight excluding hydrogens is 650 g/mol. The van der Waals surface area contributed by atoms with Crippen LogP contribution < -0.4 is 20.8 Å². The second-order valence-corrected chi connectivity index (χ2v) is 17.9. The molecule has 46 heavy (non-hydrogen) atoms. The van der Waals surface area contributed by atoms with Crippen LogP contribution in [0.4, 0.5) is 5.69 Å². The molecule has 0 saturated carbocycles. The van der Waals surface area contributed by atoms with Gasteiger partial charge in [0.25, 0.3) is 8.32 Å². The van der Waals surface area contributed by atoms with Gasteiger partial charge in [-0.2, -0.15) is 0 Å². The van der Waals surface area contributed by atoms with Crippen molar-refractivity contribution in [1.29, 1.82) is 0 Å². The normalized spacial score (nSPS) is 13.2. The third-order valence-electron chi connectivity index (χ3n) is 8.47.